The van der Waals surface area contributed by atoms with Gasteiger partial charge in [0.05, 0.1) is 11.8 Å². The number of hydrogen-bond acceptors (Lipinski definition) is 7. The summed E-state index contributed by atoms with van der Waals surface area (Å²) in [5, 5.41) is 5.52. The third-order valence-corrected chi connectivity index (χ3v) is 5.79. The minimum Gasteiger partial charge on any atom is -0.466 e. The van der Waals surface area contributed by atoms with Gasteiger partial charge in [-0.15, -0.1) is 11.3 Å². The monoisotopic (exact) mass is 397 g/mol. The number of aliphatic imine (C=N–C) groups is 1. The van der Waals surface area contributed by atoms with Gasteiger partial charge in [0.1, 0.15) is 28.4 Å². The zero-order valence-electron chi connectivity index (χ0n) is 15.7. The Balaban J connectivity index is 1.74. The molecule has 1 N–H and O–H groups in total. The first-order chi connectivity index (χ1) is 13.4. The van der Waals surface area contributed by atoms with Crippen molar-refractivity contribution in [3.63, 3.8) is 0 Å². The molecule has 0 spiro atoms. The molecule has 0 radical (unpaired) electrons. The molecule has 0 saturated heterocycles. The van der Waals surface area contributed by atoms with Crippen molar-refractivity contribution in [3.8, 4) is 0 Å². The molecule has 4 heterocycles. The summed E-state index contributed by atoms with van der Waals surface area (Å²) in [4.78, 5) is 35.2. The largest absolute Gasteiger partial charge is 0.466 e. The van der Waals surface area contributed by atoms with E-state index in [9.17, 15) is 9.59 Å². The molecule has 28 heavy (non-hydrogen) atoms. The molecule has 1 aliphatic rings. The second-order valence-corrected chi connectivity index (χ2v) is 7.97. The van der Waals surface area contributed by atoms with Gasteiger partial charge in [-0.25, -0.2) is 14.8 Å². The topological polar surface area (TPSA) is 93.8 Å². The average molecular weight is 397 g/mol. The molecular formula is C20H19N3O4S. The van der Waals surface area contributed by atoms with E-state index in [4.69, 9.17) is 9.15 Å². The van der Waals surface area contributed by atoms with E-state index in [0.29, 0.717) is 17.3 Å². The number of carbonyl (C=O) groups excluding carboxylic acids is 2. The van der Waals surface area contributed by atoms with Gasteiger partial charge in [-0.1, -0.05) is 13.8 Å². The maximum Gasteiger partial charge on any atom is 0.340 e. The van der Waals surface area contributed by atoms with Gasteiger partial charge in [-0.2, -0.15) is 0 Å². The lowest BCUT2D eigenvalue weighted by molar-refractivity contribution is -0.124. The Morgan fingerprint density at radius 3 is 2.89 bits per heavy atom. The smallest absolute Gasteiger partial charge is 0.340 e. The molecule has 3 aromatic rings. The highest BCUT2D eigenvalue weighted by Crippen LogP contribution is 2.29. The first-order valence-corrected chi connectivity index (χ1v) is 9.76. The highest BCUT2D eigenvalue weighted by atomic mass is 32.1. The molecule has 0 aliphatic carbocycles. The molecular weight excluding hydrogens is 378 g/mol. The van der Waals surface area contributed by atoms with E-state index in [-0.39, 0.29) is 24.0 Å². The molecule has 1 unspecified atom stereocenters. The number of rotatable bonds is 5. The summed E-state index contributed by atoms with van der Waals surface area (Å²) in [6.45, 7) is 5.65. The highest BCUT2D eigenvalue weighted by Gasteiger charge is 2.43. The van der Waals surface area contributed by atoms with Crippen LogP contribution in [0.25, 0.3) is 10.2 Å². The van der Waals surface area contributed by atoms with E-state index in [2.05, 4.69) is 15.3 Å². The van der Waals surface area contributed by atoms with Crippen LogP contribution >= 0.6 is 11.3 Å². The van der Waals surface area contributed by atoms with E-state index in [1.54, 1.807) is 25.1 Å². The lowest BCUT2D eigenvalue weighted by Crippen LogP contribution is -2.41. The SMILES string of the molecule is CC(C)C1(C)N=C(c2nc3sccc3cc2C(=O)OCc2ccco2)NC1=O. The normalized spacial score (nSPS) is 19.1. The van der Waals surface area contributed by atoms with Crippen LogP contribution in [-0.2, 0) is 16.1 Å². The predicted molar refractivity (Wildman–Crippen MR) is 105 cm³/mol. The third-order valence-electron chi connectivity index (χ3n) is 4.97. The fourth-order valence-corrected chi connectivity index (χ4v) is 3.64. The Bertz CT molecular complexity index is 1080. The van der Waals surface area contributed by atoms with Crippen LogP contribution in [0.5, 0.6) is 0 Å². The molecule has 0 bridgehead atoms. The van der Waals surface area contributed by atoms with Gasteiger partial charge in [0.2, 0.25) is 0 Å². The maximum atomic E-state index is 12.8. The molecule has 0 fully saturated rings. The Labute approximate surface area is 165 Å². The number of nitrogens with one attached hydrogen (secondary N) is 1. The van der Waals surface area contributed by atoms with E-state index in [1.807, 2.05) is 25.3 Å². The van der Waals surface area contributed by atoms with Gasteiger partial charge in [-0.3, -0.25) is 4.79 Å². The van der Waals surface area contributed by atoms with Crippen molar-refractivity contribution >= 4 is 39.3 Å². The lowest BCUT2D eigenvalue weighted by Gasteiger charge is -2.21. The Hall–Kier alpha value is -3.00. The summed E-state index contributed by atoms with van der Waals surface area (Å²) in [5.74, 6) is 0.0622. The number of amides is 1. The minimum absolute atomic E-state index is 0.00942. The number of thiophene rings is 1. The molecule has 0 saturated carbocycles. The maximum absolute atomic E-state index is 12.8. The number of nitrogens with zero attached hydrogens (tertiary/aromatic N) is 2. The van der Waals surface area contributed by atoms with Crippen LogP contribution in [0.2, 0.25) is 0 Å². The molecule has 144 valence electrons. The van der Waals surface area contributed by atoms with Crippen molar-refractivity contribution < 1.29 is 18.7 Å². The zero-order valence-corrected chi connectivity index (χ0v) is 16.5. The van der Waals surface area contributed by atoms with Crippen LogP contribution in [-0.4, -0.2) is 28.2 Å². The lowest BCUT2D eigenvalue weighted by atomic mass is 9.89. The van der Waals surface area contributed by atoms with Crippen LogP contribution in [0.4, 0.5) is 0 Å². The standard InChI is InChI=1S/C20H19N3O4S/c1-11(2)20(3)19(25)22-16(23-20)15-14(9-12-6-8-28-17(12)21-15)18(24)27-10-13-5-4-7-26-13/h4-9,11H,10H2,1-3H3,(H,22,23,25). The molecule has 1 amide bonds. The molecule has 4 rings (SSSR count). The van der Waals surface area contributed by atoms with Crippen LogP contribution < -0.4 is 5.32 Å². The number of esters is 1. The summed E-state index contributed by atoms with van der Waals surface area (Å²) in [6, 6.07) is 7.05. The quantitative estimate of drug-likeness (QED) is 0.665. The summed E-state index contributed by atoms with van der Waals surface area (Å²) >= 11 is 1.45. The third kappa shape index (κ3) is 3.09. The van der Waals surface area contributed by atoms with Crippen molar-refractivity contribution in [1.29, 1.82) is 0 Å². The van der Waals surface area contributed by atoms with Crippen molar-refractivity contribution in [1.82, 2.24) is 10.3 Å². The molecule has 1 atom stereocenters. The van der Waals surface area contributed by atoms with E-state index < -0.39 is 11.5 Å². The summed E-state index contributed by atoms with van der Waals surface area (Å²) in [5.41, 5.74) is -0.335. The number of hydrogen-bond donors (Lipinski definition) is 1. The summed E-state index contributed by atoms with van der Waals surface area (Å²) in [6.07, 6.45) is 1.52. The first kappa shape index (κ1) is 18.4. The molecule has 7 nitrogen and oxygen atoms in total. The van der Waals surface area contributed by atoms with Crippen LogP contribution in [0.1, 0.15) is 42.6 Å². The van der Waals surface area contributed by atoms with Crippen LogP contribution in [0, 0.1) is 5.92 Å². The van der Waals surface area contributed by atoms with E-state index in [1.165, 1.54) is 17.6 Å². The number of furan rings is 1. The minimum atomic E-state index is -0.906. The second kappa shape index (κ2) is 6.87. The van der Waals surface area contributed by atoms with Crippen molar-refractivity contribution in [2.24, 2.45) is 10.9 Å². The van der Waals surface area contributed by atoms with Crippen molar-refractivity contribution in [2.75, 3.05) is 0 Å². The van der Waals surface area contributed by atoms with Crippen LogP contribution in [0.3, 0.4) is 0 Å². The number of fused-ring (bicyclic) bond motifs is 1. The summed E-state index contributed by atoms with van der Waals surface area (Å²) < 4.78 is 10.6. The number of carbonyl (C=O) groups is 2. The van der Waals surface area contributed by atoms with Crippen molar-refractivity contribution in [3.05, 3.63) is 52.9 Å². The molecule has 8 heteroatoms. The Morgan fingerprint density at radius 2 is 2.21 bits per heavy atom. The zero-order chi connectivity index (χ0) is 19.9. The molecule has 0 aromatic carbocycles. The average Bonchev–Trinajstić information content (AvgIpc) is 3.39. The van der Waals surface area contributed by atoms with E-state index >= 15 is 0 Å². The van der Waals surface area contributed by atoms with Crippen molar-refractivity contribution in [2.45, 2.75) is 32.9 Å². The van der Waals surface area contributed by atoms with Gasteiger partial charge in [0.15, 0.2) is 5.84 Å². The number of amidine groups is 1. The summed E-state index contributed by atoms with van der Waals surface area (Å²) in [7, 11) is 0. The van der Waals surface area contributed by atoms with Gasteiger partial charge < -0.3 is 14.5 Å². The van der Waals surface area contributed by atoms with Gasteiger partial charge in [-0.05, 0) is 42.5 Å². The molecule has 1 aliphatic heterocycles. The number of pyridine rings is 1. The second-order valence-electron chi connectivity index (χ2n) is 7.07. The highest BCUT2D eigenvalue weighted by molar-refractivity contribution is 7.16. The fraction of sp³-hybridized carbons (Fsp3) is 0.300. The predicted octanol–water partition coefficient (Wildman–Crippen LogP) is 3.54. The van der Waals surface area contributed by atoms with Crippen LogP contribution in [0.15, 0.2) is 45.3 Å². The Kier molecular flexibility index (Phi) is 4.50. The van der Waals surface area contributed by atoms with Gasteiger partial charge in [0.25, 0.3) is 5.91 Å². The first-order valence-electron chi connectivity index (χ1n) is 8.88. The fourth-order valence-electron chi connectivity index (χ4n) is 2.89. The van der Waals surface area contributed by atoms with Gasteiger partial charge in [0, 0.05) is 5.39 Å². The number of aromatic nitrogens is 1. The number of ether oxygens (including phenoxy) is 1. The Morgan fingerprint density at radius 1 is 1.39 bits per heavy atom. The van der Waals surface area contributed by atoms with E-state index in [0.717, 1.165) is 10.2 Å². The molecule has 3 aromatic heterocycles. The van der Waals surface area contributed by atoms with Gasteiger partial charge >= 0.3 is 5.97 Å².